The van der Waals surface area contributed by atoms with Crippen molar-refractivity contribution in [3.63, 3.8) is 0 Å². The summed E-state index contributed by atoms with van der Waals surface area (Å²) in [5.41, 5.74) is 2.99. The van der Waals surface area contributed by atoms with Crippen LogP contribution in [0, 0.1) is 5.41 Å². The Bertz CT molecular complexity index is 882. The van der Waals surface area contributed by atoms with Crippen LogP contribution in [-0.4, -0.2) is 17.5 Å². The predicted molar refractivity (Wildman–Crippen MR) is 113 cm³/mol. The molecular weight excluding hydrogens is 350 g/mol. The molecule has 0 aromatic heterocycles. The SMILES string of the molecule is CC(C)(C)NC(=O)Nc1ccc2c(c1)CC(C)(C)C(=O)N2Cc1ccccc1. The molecule has 2 aromatic rings. The van der Waals surface area contributed by atoms with Gasteiger partial charge in [-0.05, 0) is 56.5 Å². The van der Waals surface area contributed by atoms with Gasteiger partial charge in [-0.3, -0.25) is 4.79 Å². The van der Waals surface area contributed by atoms with Gasteiger partial charge in [0.05, 0.1) is 6.54 Å². The molecule has 2 N–H and O–H groups in total. The lowest BCUT2D eigenvalue weighted by Crippen LogP contribution is -2.46. The van der Waals surface area contributed by atoms with E-state index < -0.39 is 5.41 Å². The third-order valence-corrected chi connectivity index (χ3v) is 4.76. The number of amides is 3. The molecule has 1 aliphatic heterocycles. The normalized spacial score (nSPS) is 15.8. The van der Waals surface area contributed by atoms with Crippen LogP contribution in [0.15, 0.2) is 48.5 Å². The van der Waals surface area contributed by atoms with Gasteiger partial charge < -0.3 is 15.5 Å². The first-order chi connectivity index (χ1) is 13.0. The third-order valence-electron chi connectivity index (χ3n) is 4.76. The zero-order valence-corrected chi connectivity index (χ0v) is 17.3. The van der Waals surface area contributed by atoms with E-state index in [1.807, 2.05) is 88.0 Å². The molecule has 0 bridgehead atoms. The van der Waals surface area contributed by atoms with Gasteiger partial charge in [0.25, 0.3) is 0 Å². The number of urea groups is 1. The minimum absolute atomic E-state index is 0.120. The fourth-order valence-electron chi connectivity index (χ4n) is 3.52. The van der Waals surface area contributed by atoms with Crippen LogP contribution in [0.25, 0.3) is 0 Å². The van der Waals surface area contributed by atoms with Crippen molar-refractivity contribution in [2.75, 3.05) is 10.2 Å². The zero-order valence-electron chi connectivity index (χ0n) is 17.3. The predicted octanol–water partition coefficient (Wildman–Crippen LogP) is 4.72. The summed E-state index contributed by atoms with van der Waals surface area (Å²) in [4.78, 5) is 27.1. The number of carbonyl (C=O) groups excluding carboxylic acids is 2. The van der Waals surface area contributed by atoms with Crippen LogP contribution in [0.2, 0.25) is 0 Å². The van der Waals surface area contributed by atoms with Crippen molar-refractivity contribution in [1.29, 1.82) is 0 Å². The Kier molecular flexibility index (Phi) is 5.20. The molecule has 3 amide bonds. The molecule has 0 saturated carbocycles. The zero-order chi connectivity index (χ0) is 20.5. The quantitative estimate of drug-likeness (QED) is 0.810. The number of hydrogen-bond acceptors (Lipinski definition) is 2. The van der Waals surface area contributed by atoms with Crippen LogP contribution in [0.1, 0.15) is 45.7 Å². The van der Waals surface area contributed by atoms with Crippen LogP contribution in [0.3, 0.4) is 0 Å². The maximum atomic E-state index is 13.1. The monoisotopic (exact) mass is 379 g/mol. The Labute approximate surface area is 167 Å². The lowest BCUT2D eigenvalue weighted by molar-refractivity contribution is -0.127. The molecule has 0 unspecified atom stereocenters. The molecule has 0 saturated heterocycles. The van der Waals surface area contributed by atoms with Gasteiger partial charge in [0.2, 0.25) is 5.91 Å². The second-order valence-corrected chi connectivity index (χ2v) is 9.11. The van der Waals surface area contributed by atoms with Crippen molar-refractivity contribution >= 4 is 23.3 Å². The lowest BCUT2D eigenvalue weighted by atomic mass is 9.80. The van der Waals surface area contributed by atoms with Crippen LogP contribution in [0.4, 0.5) is 16.2 Å². The van der Waals surface area contributed by atoms with Gasteiger partial charge in [-0.2, -0.15) is 0 Å². The van der Waals surface area contributed by atoms with Gasteiger partial charge in [-0.25, -0.2) is 4.79 Å². The average molecular weight is 380 g/mol. The highest BCUT2D eigenvalue weighted by Gasteiger charge is 2.39. The second-order valence-electron chi connectivity index (χ2n) is 9.11. The molecule has 0 aliphatic carbocycles. The summed E-state index contributed by atoms with van der Waals surface area (Å²) in [6.07, 6.45) is 0.642. The fourth-order valence-corrected chi connectivity index (χ4v) is 3.52. The Hall–Kier alpha value is -2.82. The van der Waals surface area contributed by atoms with E-state index in [0.29, 0.717) is 13.0 Å². The first kappa shape index (κ1) is 19.9. The van der Waals surface area contributed by atoms with Crippen molar-refractivity contribution in [1.82, 2.24) is 5.32 Å². The van der Waals surface area contributed by atoms with Crippen molar-refractivity contribution in [3.05, 3.63) is 59.7 Å². The molecule has 1 heterocycles. The minimum Gasteiger partial charge on any atom is -0.333 e. The highest BCUT2D eigenvalue weighted by atomic mass is 16.2. The number of nitrogens with zero attached hydrogens (tertiary/aromatic N) is 1. The number of rotatable bonds is 3. The third kappa shape index (κ3) is 4.53. The summed E-state index contributed by atoms with van der Waals surface area (Å²) < 4.78 is 0. The van der Waals surface area contributed by atoms with Gasteiger partial charge in [0, 0.05) is 22.3 Å². The summed E-state index contributed by atoms with van der Waals surface area (Å²) in [5.74, 6) is 0.120. The van der Waals surface area contributed by atoms with E-state index in [-0.39, 0.29) is 17.5 Å². The van der Waals surface area contributed by atoms with Crippen LogP contribution in [0.5, 0.6) is 0 Å². The van der Waals surface area contributed by atoms with Crippen LogP contribution in [-0.2, 0) is 17.8 Å². The Balaban J connectivity index is 1.88. The van der Waals surface area contributed by atoms with Crippen molar-refractivity contribution in [2.24, 2.45) is 5.41 Å². The number of benzene rings is 2. The molecule has 1 aliphatic rings. The van der Waals surface area contributed by atoms with Crippen molar-refractivity contribution < 1.29 is 9.59 Å². The highest BCUT2D eigenvalue weighted by Crippen LogP contribution is 2.39. The molecule has 0 radical (unpaired) electrons. The molecule has 5 heteroatoms. The molecule has 28 heavy (non-hydrogen) atoms. The molecule has 148 valence electrons. The number of fused-ring (bicyclic) bond motifs is 1. The van der Waals surface area contributed by atoms with E-state index in [2.05, 4.69) is 10.6 Å². The van der Waals surface area contributed by atoms with E-state index in [1.54, 1.807) is 0 Å². The van der Waals surface area contributed by atoms with E-state index in [4.69, 9.17) is 0 Å². The second kappa shape index (κ2) is 7.30. The molecule has 5 nitrogen and oxygen atoms in total. The van der Waals surface area contributed by atoms with E-state index in [0.717, 1.165) is 22.5 Å². The topological polar surface area (TPSA) is 61.4 Å². The van der Waals surface area contributed by atoms with Gasteiger partial charge in [0.1, 0.15) is 0 Å². The number of anilines is 2. The van der Waals surface area contributed by atoms with Gasteiger partial charge in [0.15, 0.2) is 0 Å². The standard InChI is InChI=1S/C23H29N3O2/c1-22(2,3)25-21(28)24-18-11-12-19-17(13-18)14-23(4,5)20(27)26(19)15-16-9-7-6-8-10-16/h6-13H,14-15H2,1-5H3,(H2,24,25,28). The van der Waals surface area contributed by atoms with Crippen LogP contribution >= 0.6 is 0 Å². The molecule has 0 fully saturated rings. The van der Waals surface area contributed by atoms with E-state index in [1.165, 1.54) is 0 Å². The Morgan fingerprint density at radius 3 is 2.43 bits per heavy atom. The van der Waals surface area contributed by atoms with Crippen molar-refractivity contribution in [3.8, 4) is 0 Å². The van der Waals surface area contributed by atoms with Gasteiger partial charge in [-0.15, -0.1) is 0 Å². The van der Waals surface area contributed by atoms with Gasteiger partial charge >= 0.3 is 6.03 Å². The fraction of sp³-hybridized carbons (Fsp3) is 0.391. The molecule has 2 aromatic carbocycles. The average Bonchev–Trinajstić information content (AvgIpc) is 2.57. The molecule has 0 spiro atoms. The lowest BCUT2D eigenvalue weighted by Gasteiger charge is -2.39. The molecule has 0 atom stereocenters. The Morgan fingerprint density at radius 1 is 1.11 bits per heavy atom. The number of hydrogen-bond donors (Lipinski definition) is 2. The minimum atomic E-state index is -0.492. The van der Waals surface area contributed by atoms with E-state index in [9.17, 15) is 9.59 Å². The number of carbonyl (C=O) groups is 2. The summed E-state index contributed by atoms with van der Waals surface area (Å²) in [7, 11) is 0. The Morgan fingerprint density at radius 2 is 1.79 bits per heavy atom. The summed E-state index contributed by atoms with van der Waals surface area (Å²) in [6, 6.07) is 15.5. The highest BCUT2D eigenvalue weighted by molar-refractivity contribution is 6.01. The van der Waals surface area contributed by atoms with E-state index >= 15 is 0 Å². The molecular formula is C23H29N3O2. The number of nitrogens with one attached hydrogen (secondary N) is 2. The first-order valence-electron chi connectivity index (χ1n) is 9.63. The van der Waals surface area contributed by atoms with Crippen molar-refractivity contribution in [2.45, 2.75) is 53.1 Å². The van der Waals surface area contributed by atoms with Crippen LogP contribution < -0.4 is 15.5 Å². The maximum absolute atomic E-state index is 13.1. The summed E-state index contributed by atoms with van der Waals surface area (Å²) in [5, 5.41) is 5.80. The largest absolute Gasteiger partial charge is 0.333 e. The first-order valence-corrected chi connectivity index (χ1v) is 9.63. The van der Waals surface area contributed by atoms with Gasteiger partial charge in [-0.1, -0.05) is 44.2 Å². The smallest absolute Gasteiger partial charge is 0.319 e. The maximum Gasteiger partial charge on any atom is 0.319 e. The molecule has 3 rings (SSSR count). The summed E-state index contributed by atoms with van der Waals surface area (Å²) >= 11 is 0. The summed E-state index contributed by atoms with van der Waals surface area (Å²) in [6.45, 7) is 10.3.